The van der Waals surface area contributed by atoms with Gasteiger partial charge in [-0.2, -0.15) is 5.10 Å². The smallest absolute Gasteiger partial charge is 0.214 e. The molecule has 5 heteroatoms. The van der Waals surface area contributed by atoms with E-state index in [0.29, 0.717) is 17.0 Å². The average Bonchev–Trinajstić information content (AvgIpc) is 2.87. The van der Waals surface area contributed by atoms with E-state index in [1.807, 2.05) is 0 Å². The van der Waals surface area contributed by atoms with Gasteiger partial charge in [0, 0.05) is 5.56 Å². The summed E-state index contributed by atoms with van der Waals surface area (Å²) in [5, 5.41) is 4.56. The van der Waals surface area contributed by atoms with E-state index in [1.165, 1.54) is 6.07 Å². The molecule has 1 aliphatic rings. The maximum Gasteiger partial charge on any atom is 0.251 e. The van der Waals surface area contributed by atoms with Crippen molar-refractivity contribution in [2.75, 3.05) is 0 Å². The highest BCUT2D eigenvalue weighted by molar-refractivity contribution is 5.61. The van der Waals surface area contributed by atoms with Crippen LogP contribution in [0, 0.1) is 5.82 Å². The number of halogens is 1. The van der Waals surface area contributed by atoms with Crippen LogP contribution in [0.2, 0.25) is 0 Å². The molecule has 0 saturated heterocycles. The fourth-order valence-corrected chi connectivity index (χ4v) is 2.66. The highest BCUT2D eigenvalue weighted by Crippen LogP contribution is 2.23. The van der Waals surface area contributed by atoms with E-state index in [9.17, 15) is 4.39 Å². The van der Waals surface area contributed by atoms with Gasteiger partial charge in [-0.3, -0.25) is 0 Å². The Morgan fingerprint density at radius 2 is 1.80 bits per heavy atom. The standard InChI is InChI=1S/C15H13FN4/c16-11-6-2-1-5-10(11)14-9-20-15(18-14)17-12-7-3-4-8-13(12)19-20/h1-2,5-6,9H,3-4,7-8H2. The number of hydrogen-bond acceptors (Lipinski definition) is 3. The predicted molar refractivity (Wildman–Crippen MR) is 72.8 cm³/mol. The van der Waals surface area contributed by atoms with Crippen LogP contribution in [0.15, 0.2) is 30.5 Å². The summed E-state index contributed by atoms with van der Waals surface area (Å²) in [6.07, 6.45) is 5.97. The molecule has 1 aliphatic carbocycles. The fourth-order valence-electron chi connectivity index (χ4n) is 2.66. The van der Waals surface area contributed by atoms with Crippen LogP contribution < -0.4 is 0 Å². The van der Waals surface area contributed by atoms with Crippen molar-refractivity contribution in [1.29, 1.82) is 0 Å². The minimum absolute atomic E-state index is 0.277. The number of imidazole rings is 1. The number of fused-ring (bicyclic) bond motifs is 2. The molecule has 0 radical (unpaired) electrons. The Hall–Kier alpha value is -2.30. The lowest BCUT2D eigenvalue weighted by Crippen LogP contribution is -2.11. The van der Waals surface area contributed by atoms with Gasteiger partial charge in [-0.05, 0) is 37.8 Å². The zero-order valence-corrected chi connectivity index (χ0v) is 10.9. The molecule has 0 bridgehead atoms. The Kier molecular flexibility index (Phi) is 2.52. The third kappa shape index (κ3) is 1.78. The predicted octanol–water partition coefficient (Wildman–Crippen LogP) is 2.81. The fraction of sp³-hybridized carbons (Fsp3) is 0.267. The summed E-state index contributed by atoms with van der Waals surface area (Å²) >= 11 is 0. The van der Waals surface area contributed by atoms with Crippen molar-refractivity contribution in [2.45, 2.75) is 25.7 Å². The zero-order chi connectivity index (χ0) is 13.5. The first kappa shape index (κ1) is 11.5. The normalized spacial score (nSPS) is 14.4. The summed E-state index contributed by atoms with van der Waals surface area (Å²) in [4.78, 5) is 8.96. The van der Waals surface area contributed by atoms with Gasteiger partial charge in [0.2, 0.25) is 0 Å². The van der Waals surface area contributed by atoms with Gasteiger partial charge in [-0.25, -0.2) is 18.9 Å². The van der Waals surface area contributed by atoms with Crippen LogP contribution in [0.3, 0.4) is 0 Å². The quantitative estimate of drug-likeness (QED) is 0.681. The van der Waals surface area contributed by atoms with E-state index >= 15 is 0 Å². The van der Waals surface area contributed by atoms with Gasteiger partial charge >= 0.3 is 0 Å². The van der Waals surface area contributed by atoms with Crippen LogP contribution >= 0.6 is 0 Å². The molecule has 4 nitrogen and oxygen atoms in total. The molecule has 0 saturated carbocycles. The average molecular weight is 268 g/mol. The van der Waals surface area contributed by atoms with Crippen LogP contribution in [-0.2, 0) is 12.8 Å². The molecule has 0 fully saturated rings. The van der Waals surface area contributed by atoms with Crippen LogP contribution in [0.1, 0.15) is 24.2 Å². The van der Waals surface area contributed by atoms with Crippen LogP contribution in [0.25, 0.3) is 17.0 Å². The highest BCUT2D eigenvalue weighted by Gasteiger charge is 2.16. The second-order valence-electron chi connectivity index (χ2n) is 5.06. The van der Waals surface area contributed by atoms with Gasteiger partial charge in [-0.1, -0.05) is 12.1 Å². The number of aryl methyl sites for hydroxylation is 2. The summed E-state index contributed by atoms with van der Waals surface area (Å²) in [5.41, 5.74) is 3.14. The lowest BCUT2D eigenvalue weighted by atomic mass is 10.0. The minimum Gasteiger partial charge on any atom is -0.214 e. The van der Waals surface area contributed by atoms with Crippen molar-refractivity contribution in [3.8, 4) is 11.3 Å². The summed E-state index contributed by atoms with van der Waals surface area (Å²) < 4.78 is 15.5. The lowest BCUT2D eigenvalue weighted by molar-refractivity contribution is 0.628. The number of rotatable bonds is 1. The molecule has 0 unspecified atom stereocenters. The van der Waals surface area contributed by atoms with Gasteiger partial charge in [0.1, 0.15) is 5.82 Å². The molecule has 0 spiro atoms. The van der Waals surface area contributed by atoms with Crippen LogP contribution in [0.4, 0.5) is 4.39 Å². The molecular formula is C15H13FN4. The first-order valence-corrected chi connectivity index (χ1v) is 6.81. The van der Waals surface area contributed by atoms with Gasteiger partial charge < -0.3 is 0 Å². The summed E-state index contributed by atoms with van der Waals surface area (Å²) in [5.74, 6) is 0.268. The summed E-state index contributed by atoms with van der Waals surface area (Å²) in [7, 11) is 0. The Balaban J connectivity index is 1.89. The molecule has 1 aromatic carbocycles. The van der Waals surface area contributed by atoms with E-state index in [1.54, 1.807) is 28.9 Å². The van der Waals surface area contributed by atoms with E-state index < -0.39 is 0 Å². The maximum atomic E-state index is 13.8. The molecule has 0 atom stereocenters. The Bertz CT molecular complexity index is 751. The number of nitrogens with zero attached hydrogens (tertiary/aromatic N) is 4. The first-order valence-electron chi connectivity index (χ1n) is 6.81. The Labute approximate surface area is 115 Å². The third-order valence-electron chi connectivity index (χ3n) is 3.69. The van der Waals surface area contributed by atoms with Crippen molar-refractivity contribution in [2.24, 2.45) is 0 Å². The van der Waals surface area contributed by atoms with Crippen molar-refractivity contribution in [3.63, 3.8) is 0 Å². The molecular weight excluding hydrogens is 255 g/mol. The monoisotopic (exact) mass is 268 g/mol. The zero-order valence-electron chi connectivity index (χ0n) is 10.9. The molecule has 3 aromatic rings. The molecule has 2 heterocycles. The number of hydrogen-bond donors (Lipinski definition) is 0. The summed E-state index contributed by atoms with van der Waals surface area (Å²) in [6, 6.07) is 6.63. The van der Waals surface area contributed by atoms with Gasteiger partial charge in [0.05, 0.1) is 23.3 Å². The van der Waals surface area contributed by atoms with Gasteiger partial charge in [-0.15, -0.1) is 0 Å². The van der Waals surface area contributed by atoms with E-state index in [0.717, 1.165) is 37.1 Å². The largest absolute Gasteiger partial charge is 0.251 e. The lowest BCUT2D eigenvalue weighted by Gasteiger charge is -2.12. The number of benzene rings is 1. The van der Waals surface area contributed by atoms with Gasteiger partial charge in [0.15, 0.2) is 0 Å². The first-order chi connectivity index (χ1) is 9.81. The SMILES string of the molecule is Fc1ccccc1-c1cn2nc3c(nc2n1)CCCC3. The Morgan fingerprint density at radius 3 is 2.65 bits per heavy atom. The van der Waals surface area contributed by atoms with Crippen molar-refractivity contribution in [1.82, 2.24) is 19.6 Å². The highest BCUT2D eigenvalue weighted by atomic mass is 19.1. The Morgan fingerprint density at radius 1 is 1.00 bits per heavy atom. The molecule has 0 amide bonds. The second-order valence-corrected chi connectivity index (χ2v) is 5.06. The topological polar surface area (TPSA) is 43.1 Å². The number of aromatic nitrogens is 4. The van der Waals surface area contributed by atoms with E-state index in [-0.39, 0.29) is 5.82 Å². The van der Waals surface area contributed by atoms with Gasteiger partial charge in [0.25, 0.3) is 5.78 Å². The molecule has 100 valence electrons. The van der Waals surface area contributed by atoms with Crippen molar-refractivity contribution in [3.05, 3.63) is 47.7 Å². The molecule has 2 aromatic heterocycles. The van der Waals surface area contributed by atoms with Crippen molar-refractivity contribution < 1.29 is 4.39 Å². The minimum atomic E-state index is -0.277. The molecule has 20 heavy (non-hydrogen) atoms. The maximum absolute atomic E-state index is 13.8. The second kappa shape index (κ2) is 4.37. The van der Waals surface area contributed by atoms with E-state index in [2.05, 4.69) is 15.1 Å². The molecule has 0 N–H and O–H groups in total. The van der Waals surface area contributed by atoms with Crippen LogP contribution in [-0.4, -0.2) is 19.6 Å². The van der Waals surface area contributed by atoms with E-state index in [4.69, 9.17) is 0 Å². The molecule has 0 aliphatic heterocycles. The van der Waals surface area contributed by atoms with Crippen LogP contribution in [0.5, 0.6) is 0 Å². The van der Waals surface area contributed by atoms with Crippen molar-refractivity contribution >= 4 is 5.78 Å². The third-order valence-corrected chi connectivity index (χ3v) is 3.69. The molecule has 4 rings (SSSR count). The summed E-state index contributed by atoms with van der Waals surface area (Å²) in [6.45, 7) is 0.